The zero-order valence-electron chi connectivity index (χ0n) is 14.1. The lowest BCUT2D eigenvalue weighted by atomic mass is 9.96. The normalized spacial score (nSPS) is 13.0. The van der Waals surface area contributed by atoms with E-state index in [0.29, 0.717) is 13.0 Å². The van der Waals surface area contributed by atoms with Gasteiger partial charge in [-0.25, -0.2) is 4.98 Å². The molecule has 0 spiro atoms. The third kappa shape index (κ3) is 5.81. The van der Waals surface area contributed by atoms with Gasteiger partial charge >= 0.3 is 0 Å². The second-order valence-corrected chi connectivity index (χ2v) is 5.55. The number of carbonyl (C=O) groups excluding carboxylic acids is 1. The maximum absolute atomic E-state index is 12.0. The van der Waals surface area contributed by atoms with Gasteiger partial charge in [-0.3, -0.25) is 4.79 Å². The fourth-order valence-corrected chi connectivity index (χ4v) is 2.27. The summed E-state index contributed by atoms with van der Waals surface area (Å²) in [5.74, 6) is 0.849. The smallest absolute Gasteiger partial charge is 0.240 e. The molecule has 1 rings (SSSR count). The van der Waals surface area contributed by atoms with Gasteiger partial charge in [0.25, 0.3) is 0 Å². The Morgan fingerprint density at radius 1 is 1.32 bits per heavy atom. The van der Waals surface area contributed by atoms with Crippen LogP contribution < -0.4 is 16.0 Å². The molecule has 1 unspecified atom stereocenters. The van der Waals surface area contributed by atoms with Gasteiger partial charge in [-0.2, -0.15) is 0 Å². The Kier molecular flexibility index (Phi) is 9.06. The Morgan fingerprint density at radius 2 is 1.95 bits per heavy atom. The Labute approximate surface area is 140 Å². The van der Waals surface area contributed by atoms with Gasteiger partial charge in [0, 0.05) is 25.8 Å². The van der Waals surface area contributed by atoms with E-state index in [4.69, 9.17) is 5.73 Å². The second-order valence-electron chi connectivity index (χ2n) is 5.55. The average Bonchev–Trinajstić information content (AvgIpc) is 2.47. The number of carbonyl (C=O) groups is 1. The molecule has 0 aromatic carbocycles. The Morgan fingerprint density at radius 3 is 2.41 bits per heavy atom. The van der Waals surface area contributed by atoms with E-state index in [1.807, 2.05) is 25.3 Å². The molecule has 0 aliphatic rings. The molecule has 0 aliphatic carbocycles. The van der Waals surface area contributed by atoms with Crippen LogP contribution in [0.4, 0.5) is 5.82 Å². The highest BCUT2D eigenvalue weighted by Gasteiger charge is 2.26. The summed E-state index contributed by atoms with van der Waals surface area (Å²) in [6.45, 7) is 10.3. The number of halogens is 1. The van der Waals surface area contributed by atoms with E-state index in [9.17, 15) is 4.79 Å². The van der Waals surface area contributed by atoms with Gasteiger partial charge in [0.05, 0.1) is 5.54 Å². The van der Waals surface area contributed by atoms with E-state index in [2.05, 4.69) is 29.0 Å². The third-order valence-corrected chi connectivity index (χ3v) is 3.64. The van der Waals surface area contributed by atoms with Crippen LogP contribution in [0.3, 0.4) is 0 Å². The van der Waals surface area contributed by atoms with Gasteiger partial charge in [0.2, 0.25) is 5.91 Å². The van der Waals surface area contributed by atoms with Gasteiger partial charge in [-0.1, -0.05) is 19.4 Å². The first-order valence-corrected chi connectivity index (χ1v) is 7.71. The highest BCUT2D eigenvalue weighted by Crippen LogP contribution is 2.12. The second kappa shape index (κ2) is 9.64. The molecule has 1 atom stereocenters. The number of nitrogens with one attached hydrogen (secondary N) is 1. The van der Waals surface area contributed by atoms with E-state index in [1.54, 1.807) is 6.92 Å². The molecule has 0 saturated heterocycles. The lowest BCUT2D eigenvalue weighted by Gasteiger charge is -2.23. The topological polar surface area (TPSA) is 71.2 Å². The van der Waals surface area contributed by atoms with Gasteiger partial charge in [0.15, 0.2) is 0 Å². The number of amides is 1. The summed E-state index contributed by atoms with van der Waals surface area (Å²) in [5.41, 5.74) is 6.18. The molecular weight excluding hydrogens is 300 g/mol. The van der Waals surface area contributed by atoms with Crippen LogP contribution in [0.2, 0.25) is 0 Å². The first-order chi connectivity index (χ1) is 9.94. The summed E-state index contributed by atoms with van der Waals surface area (Å²) in [5, 5.41) is 2.88. The lowest BCUT2D eigenvalue weighted by molar-refractivity contribution is -0.126. The summed E-state index contributed by atoms with van der Waals surface area (Å²) in [6.07, 6.45) is 3.38. The van der Waals surface area contributed by atoms with Crippen LogP contribution in [-0.2, 0) is 11.3 Å². The predicted octanol–water partition coefficient (Wildman–Crippen LogP) is 2.48. The third-order valence-electron chi connectivity index (χ3n) is 3.64. The average molecular weight is 329 g/mol. The van der Waals surface area contributed by atoms with Crippen LogP contribution in [0.1, 0.15) is 46.1 Å². The van der Waals surface area contributed by atoms with Crippen molar-refractivity contribution in [3.63, 3.8) is 0 Å². The molecule has 1 amide bonds. The molecule has 5 nitrogen and oxygen atoms in total. The number of nitrogens with zero attached hydrogens (tertiary/aromatic N) is 2. The first kappa shape index (κ1) is 20.7. The number of aromatic nitrogens is 1. The summed E-state index contributed by atoms with van der Waals surface area (Å²) in [6, 6.07) is 3.98. The molecule has 0 bridgehead atoms. The molecule has 0 saturated carbocycles. The monoisotopic (exact) mass is 328 g/mol. The molecule has 3 N–H and O–H groups in total. The molecule has 0 radical (unpaired) electrons. The number of hydrogen-bond acceptors (Lipinski definition) is 4. The van der Waals surface area contributed by atoms with Crippen LogP contribution in [0.25, 0.3) is 0 Å². The zero-order chi connectivity index (χ0) is 15.9. The SMILES string of the molecule is CCCC(C)(N)C(=O)NCc1ccc(N(CC)CC)nc1.Cl. The van der Waals surface area contributed by atoms with E-state index >= 15 is 0 Å². The molecular formula is C16H29ClN4O. The van der Waals surface area contributed by atoms with Crippen LogP contribution in [0, 0.1) is 0 Å². The van der Waals surface area contributed by atoms with Crippen molar-refractivity contribution in [3.05, 3.63) is 23.9 Å². The number of anilines is 1. The van der Waals surface area contributed by atoms with Crippen LogP contribution in [-0.4, -0.2) is 29.5 Å². The van der Waals surface area contributed by atoms with Crippen molar-refractivity contribution in [2.45, 2.75) is 52.6 Å². The van der Waals surface area contributed by atoms with Gasteiger partial charge in [-0.05, 0) is 38.8 Å². The number of pyridine rings is 1. The Bertz CT molecular complexity index is 444. The van der Waals surface area contributed by atoms with E-state index in [0.717, 1.165) is 30.9 Å². The fourth-order valence-electron chi connectivity index (χ4n) is 2.27. The highest BCUT2D eigenvalue weighted by atomic mass is 35.5. The fraction of sp³-hybridized carbons (Fsp3) is 0.625. The van der Waals surface area contributed by atoms with Crippen molar-refractivity contribution < 1.29 is 4.79 Å². The molecule has 6 heteroatoms. The van der Waals surface area contributed by atoms with E-state index in [-0.39, 0.29) is 18.3 Å². The molecule has 0 aliphatic heterocycles. The molecule has 1 heterocycles. The number of nitrogens with two attached hydrogens (primary N) is 1. The summed E-state index contributed by atoms with van der Waals surface area (Å²) in [4.78, 5) is 18.7. The number of hydrogen-bond donors (Lipinski definition) is 2. The minimum Gasteiger partial charge on any atom is -0.357 e. The Balaban J connectivity index is 0.00000441. The van der Waals surface area contributed by atoms with Gasteiger partial charge < -0.3 is 16.0 Å². The van der Waals surface area contributed by atoms with E-state index in [1.165, 1.54) is 0 Å². The minimum absolute atomic E-state index is 0. The van der Waals surface area contributed by atoms with Crippen molar-refractivity contribution in [2.24, 2.45) is 5.73 Å². The predicted molar refractivity (Wildman–Crippen MR) is 94.4 cm³/mol. The van der Waals surface area contributed by atoms with Crippen LogP contribution in [0.15, 0.2) is 18.3 Å². The number of rotatable bonds is 8. The van der Waals surface area contributed by atoms with E-state index < -0.39 is 5.54 Å². The molecule has 0 fully saturated rings. The largest absolute Gasteiger partial charge is 0.357 e. The van der Waals surface area contributed by atoms with Crippen LogP contribution in [0.5, 0.6) is 0 Å². The quantitative estimate of drug-likeness (QED) is 0.769. The highest BCUT2D eigenvalue weighted by molar-refractivity contribution is 5.85. The first-order valence-electron chi connectivity index (χ1n) is 7.71. The maximum atomic E-state index is 12.0. The van der Waals surface area contributed by atoms with Gasteiger partial charge in [-0.15, -0.1) is 12.4 Å². The minimum atomic E-state index is -0.802. The molecule has 126 valence electrons. The van der Waals surface area contributed by atoms with Crippen molar-refractivity contribution >= 4 is 24.1 Å². The molecule has 22 heavy (non-hydrogen) atoms. The Hall–Kier alpha value is -1.33. The lowest BCUT2D eigenvalue weighted by Crippen LogP contribution is -2.51. The molecule has 1 aromatic rings. The van der Waals surface area contributed by atoms with Gasteiger partial charge in [0.1, 0.15) is 5.82 Å². The maximum Gasteiger partial charge on any atom is 0.240 e. The summed E-state index contributed by atoms with van der Waals surface area (Å²) < 4.78 is 0. The van der Waals surface area contributed by atoms with Crippen LogP contribution >= 0.6 is 12.4 Å². The molecule has 1 aromatic heterocycles. The summed E-state index contributed by atoms with van der Waals surface area (Å²) in [7, 11) is 0. The van der Waals surface area contributed by atoms with Crippen molar-refractivity contribution in [2.75, 3.05) is 18.0 Å². The summed E-state index contributed by atoms with van der Waals surface area (Å²) >= 11 is 0. The van der Waals surface area contributed by atoms with Crippen molar-refractivity contribution in [1.82, 2.24) is 10.3 Å². The van der Waals surface area contributed by atoms with Crippen molar-refractivity contribution in [1.29, 1.82) is 0 Å². The van der Waals surface area contributed by atoms with Crippen molar-refractivity contribution in [3.8, 4) is 0 Å². The standard InChI is InChI=1S/C16H28N4O.ClH/c1-5-10-16(4,17)15(21)19-12-13-8-9-14(18-11-13)20(6-2)7-3;/h8-9,11H,5-7,10,12,17H2,1-4H3,(H,19,21);1H. The zero-order valence-corrected chi connectivity index (χ0v) is 14.9.